The lowest BCUT2D eigenvalue weighted by atomic mass is 9.96. The number of para-hydroxylation sites is 1. The van der Waals surface area contributed by atoms with E-state index in [2.05, 4.69) is 24.1 Å². The second-order valence-corrected chi connectivity index (χ2v) is 2.80. The first-order chi connectivity index (χ1) is 6.42. The van der Waals surface area contributed by atoms with Crippen LogP contribution in [0, 0.1) is 0 Å². The molecule has 0 saturated carbocycles. The standard InChI is InChI=1S/C9H10BN3/c10-7-8-3-1-2-4-9(8)13-11-5-6-12-13/h1-6H,7,10H2. The molecule has 0 saturated heterocycles. The van der Waals surface area contributed by atoms with Crippen LogP contribution in [-0.2, 0) is 6.32 Å². The number of hydrogen-bond acceptors (Lipinski definition) is 2. The molecule has 0 fully saturated rings. The summed E-state index contributed by atoms with van der Waals surface area (Å²) in [6.45, 7) is 0. The minimum Gasteiger partial charge on any atom is -0.157 e. The first-order valence-electron chi connectivity index (χ1n) is 4.36. The van der Waals surface area contributed by atoms with E-state index < -0.39 is 0 Å². The maximum absolute atomic E-state index is 4.10. The van der Waals surface area contributed by atoms with Gasteiger partial charge in [0.25, 0.3) is 0 Å². The molecule has 0 amide bonds. The predicted octanol–water partition coefficient (Wildman–Crippen LogP) is 0.400. The molecule has 0 spiro atoms. The summed E-state index contributed by atoms with van der Waals surface area (Å²) in [6, 6.07) is 8.15. The van der Waals surface area contributed by atoms with Crippen molar-refractivity contribution in [3.63, 3.8) is 0 Å². The first kappa shape index (κ1) is 8.04. The molecule has 2 rings (SSSR count). The fourth-order valence-electron chi connectivity index (χ4n) is 1.35. The van der Waals surface area contributed by atoms with Crippen molar-refractivity contribution in [3.8, 4) is 5.69 Å². The lowest BCUT2D eigenvalue weighted by molar-refractivity contribution is 0.746. The molecule has 3 nitrogen and oxygen atoms in total. The summed E-state index contributed by atoms with van der Waals surface area (Å²) in [7, 11) is 2.13. The predicted molar refractivity (Wildman–Crippen MR) is 53.6 cm³/mol. The van der Waals surface area contributed by atoms with E-state index in [1.54, 1.807) is 17.2 Å². The number of aromatic nitrogens is 3. The molecular weight excluding hydrogens is 161 g/mol. The zero-order valence-electron chi connectivity index (χ0n) is 7.51. The van der Waals surface area contributed by atoms with Gasteiger partial charge in [0.15, 0.2) is 0 Å². The summed E-state index contributed by atoms with van der Waals surface area (Å²) < 4.78 is 0. The Labute approximate surface area is 77.8 Å². The van der Waals surface area contributed by atoms with Gasteiger partial charge in [-0.25, -0.2) is 0 Å². The zero-order chi connectivity index (χ0) is 9.10. The largest absolute Gasteiger partial charge is 0.157 e. The van der Waals surface area contributed by atoms with Crippen LogP contribution in [-0.4, -0.2) is 22.8 Å². The Kier molecular flexibility index (Phi) is 2.12. The molecule has 64 valence electrons. The SMILES string of the molecule is BCc1ccccc1-n1nccn1. The molecule has 1 heterocycles. The van der Waals surface area contributed by atoms with Crippen LogP contribution in [0.5, 0.6) is 0 Å². The van der Waals surface area contributed by atoms with Gasteiger partial charge in [-0.3, -0.25) is 0 Å². The van der Waals surface area contributed by atoms with E-state index in [0.717, 1.165) is 12.0 Å². The third-order valence-corrected chi connectivity index (χ3v) is 2.01. The molecule has 1 aromatic carbocycles. The van der Waals surface area contributed by atoms with Gasteiger partial charge in [-0.2, -0.15) is 15.0 Å². The summed E-state index contributed by atoms with van der Waals surface area (Å²) in [6.07, 6.45) is 4.37. The molecule has 1 aromatic heterocycles. The molecule has 0 unspecified atom stereocenters. The molecule has 0 radical (unpaired) electrons. The van der Waals surface area contributed by atoms with Crippen LogP contribution in [0.25, 0.3) is 5.69 Å². The lowest BCUT2D eigenvalue weighted by Gasteiger charge is -2.04. The van der Waals surface area contributed by atoms with E-state index in [9.17, 15) is 0 Å². The summed E-state index contributed by atoms with van der Waals surface area (Å²) in [5.74, 6) is 0. The number of rotatable bonds is 2. The molecule has 0 atom stereocenters. The summed E-state index contributed by atoms with van der Waals surface area (Å²) in [5, 5.41) is 8.20. The van der Waals surface area contributed by atoms with Crippen molar-refractivity contribution in [2.45, 2.75) is 6.32 Å². The van der Waals surface area contributed by atoms with E-state index in [4.69, 9.17) is 0 Å². The van der Waals surface area contributed by atoms with Crippen molar-refractivity contribution in [2.24, 2.45) is 0 Å². The summed E-state index contributed by atoms with van der Waals surface area (Å²) in [5.41, 5.74) is 2.33. The second kappa shape index (κ2) is 3.43. The van der Waals surface area contributed by atoms with E-state index in [1.165, 1.54) is 5.56 Å². The van der Waals surface area contributed by atoms with Crippen LogP contribution in [0.2, 0.25) is 0 Å². The third-order valence-electron chi connectivity index (χ3n) is 2.01. The minimum atomic E-state index is 0.998. The normalized spacial score (nSPS) is 10.2. The number of hydrogen-bond donors (Lipinski definition) is 0. The number of nitrogens with zero attached hydrogens (tertiary/aromatic N) is 3. The smallest absolute Gasteiger partial charge is 0.107 e. The van der Waals surface area contributed by atoms with Crippen molar-refractivity contribution < 1.29 is 0 Å². The highest BCUT2D eigenvalue weighted by Gasteiger charge is 2.01. The Morgan fingerprint density at radius 3 is 2.54 bits per heavy atom. The van der Waals surface area contributed by atoms with Gasteiger partial charge in [-0.15, -0.1) is 0 Å². The van der Waals surface area contributed by atoms with E-state index in [-0.39, 0.29) is 0 Å². The highest BCUT2D eigenvalue weighted by atomic mass is 15.5. The van der Waals surface area contributed by atoms with Crippen molar-refractivity contribution in [1.29, 1.82) is 0 Å². The van der Waals surface area contributed by atoms with E-state index in [1.807, 2.05) is 18.2 Å². The van der Waals surface area contributed by atoms with Gasteiger partial charge in [0.1, 0.15) is 7.85 Å². The Hall–Kier alpha value is -1.58. The third kappa shape index (κ3) is 1.47. The minimum absolute atomic E-state index is 0.998. The van der Waals surface area contributed by atoms with Gasteiger partial charge in [0.05, 0.1) is 18.1 Å². The fourth-order valence-corrected chi connectivity index (χ4v) is 1.35. The van der Waals surface area contributed by atoms with Crippen molar-refractivity contribution in [3.05, 3.63) is 42.2 Å². The Morgan fingerprint density at radius 2 is 1.85 bits per heavy atom. The Bertz CT molecular complexity index is 384. The second-order valence-electron chi connectivity index (χ2n) is 2.80. The van der Waals surface area contributed by atoms with Crippen LogP contribution in [0.4, 0.5) is 0 Å². The zero-order valence-corrected chi connectivity index (χ0v) is 7.51. The van der Waals surface area contributed by atoms with Gasteiger partial charge in [0.2, 0.25) is 0 Å². The monoisotopic (exact) mass is 171 g/mol. The van der Waals surface area contributed by atoms with Crippen molar-refractivity contribution in [2.75, 3.05) is 0 Å². The fraction of sp³-hybridized carbons (Fsp3) is 0.111. The van der Waals surface area contributed by atoms with Crippen LogP contribution >= 0.6 is 0 Å². The van der Waals surface area contributed by atoms with E-state index in [0.29, 0.717) is 0 Å². The topological polar surface area (TPSA) is 30.7 Å². The maximum atomic E-state index is 4.10. The van der Waals surface area contributed by atoms with Gasteiger partial charge in [0, 0.05) is 0 Å². The lowest BCUT2D eigenvalue weighted by Crippen LogP contribution is -2.02. The Balaban J connectivity index is 2.51. The van der Waals surface area contributed by atoms with Crippen LogP contribution in [0.3, 0.4) is 0 Å². The van der Waals surface area contributed by atoms with Crippen LogP contribution < -0.4 is 0 Å². The molecular formula is C9H10BN3. The van der Waals surface area contributed by atoms with Crippen molar-refractivity contribution >= 4 is 7.85 Å². The van der Waals surface area contributed by atoms with Crippen LogP contribution in [0.1, 0.15) is 5.56 Å². The highest BCUT2D eigenvalue weighted by molar-refractivity contribution is 6.08. The molecule has 0 aliphatic rings. The van der Waals surface area contributed by atoms with Gasteiger partial charge >= 0.3 is 0 Å². The molecule has 0 bridgehead atoms. The van der Waals surface area contributed by atoms with Gasteiger partial charge < -0.3 is 0 Å². The Morgan fingerprint density at radius 1 is 1.15 bits per heavy atom. The summed E-state index contributed by atoms with van der Waals surface area (Å²) >= 11 is 0. The van der Waals surface area contributed by atoms with Crippen LogP contribution in [0.15, 0.2) is 36.7 Å². The van der Waals surface area contributed by atoms with Gasteiger partial charge in [-0.05, 0) is 11.6 Å². The quantitative estimate of drug-likeness (QED) is 0.612. The van der Waals surface area contributed by atoms with Gasteiger partial charge in [-0.1, -0.05) is 24.5 Å². The van der Waals surface area contributed by atoms with Crippen molar-refractivity contribution in [1.82, 2.24) is 15.0 Å². The molecule has 2 aromatic rings. The average Bonchev–Trinajstić information content (AvgIpc) is 2.70. The molecule has 0 aliphatic carbocycles. The first-order valence-corrected chi connectivity index (χ1v) is 4.36. The highest BCUT2D eigenvalue weighted by Crippen LogP contribution is 2.11. The van der Waals surface area contributed by atoms with E-state index >= 15 is 0 Å². The maximum Gasteiger partial charge on any atom is 0.107 e. The molecule has 0 aliphatic heterocycles. The number of benzene rings is 1. The summed E-state index contributed by atoms with van der Waals surface area (Å²) in [4.78, 5) is 1.65. The average molecular weight is 171 g/mol. The molecule has 0 N–H and O–H groups in total. The molecule has 4 heteroatoms. The molecule has 13 heavy (non-hydrogen) atoms.